The number of nitrogens with one attached hydrogen (secondary N) is 1. The van der Waals surface area contributed by atoms with Crippen LogP contribution in [-0.2, 0) is 10.0 Å². The molecule has 0 fully saturated rings. The van der Waals surface area contributed by atoms with E-state index in [2.05, 4.69) is 5.32 Å². The maximum atomic E-state index is 12.5. The number of sulfonamides is 1. The normalized spacial score (nSPS) is 12.9. The van der Waals surface area contributed by atoms with Gasteiger partial charge in [0.15, 0.2) is 0 Å². The number of benzene rings is 2. The van der Waals surface area contributed by atoms with E-state index in [1.54, 1.807) is 0 Å². The molecule has 2 aromatic rings. The van der Waals surface area contributed by atoms with Crippen molar-refractivity contribution in [2.75, 3.05) is 14.1 Å². The van der Waals surface area contributed by atoms with Crippen LogP contribution in [0.25, 0.3) is 0 Å². The summed E-state index contributed by atoms with van der Waals surface area (Å²) in [5.74, 6) is -0.424. The average molecular weight is 367 g/mol. The lowest BCUT2D eigenvalue weighted by atomic mass is 10.1. The third-order valence-electron chi connectivity index (χ3n) is 3.61. The minimum atomic E-state index is -3.64. The van der Waals surface area contributed by atoms with Crippen LogP contribution >= 0.6 is 11.6 Å². The summed E-state index contributed by atoms with van der Waals surface area (Å²) in [5, 5.41) is 3.03. The lowest BCUT2D eigenvalue weighted by Crippen LogP contribution is -2.27. The van der Waals surface area contributed by atoms with E-state index < -0.39 is 15.9 Å². The molecule has 0 saturated heterocycles. The van der Waals surface area contributed by atoms with Crippen LogP contribution in [-0.4, -0.2) is 32.7 Å². The molecule has 7 heteroatoms. The van der Waals surface area contributed by atoms with Crippen LogP contribution in [0.1, 0.15) is 28.9 Å². The fourth-order valence-electron chi connectivity index (χ4n) is 2.15. The van der Waals surface area contributed by atoms with Crippen LogP contribution in [0.5, 0.6) is 0 Å². The number of carbonyl (C=O) groups excluding carboxylic acids is 1. The van der Waals surface area contributed by atoms with Crippen LogP contribution in [0.3, 0.4) is 0 Å². The molecule has 0 heterocycles. The molecule has 1 N–H and O–H groups in total. The van der Waals surface area contributed by atoms with E-state index in [0.717, 1.165) is 9.87 Å². The van der Waals surface area contributed by atoms with Gasteiger partial charge in [-0.05, 0) is 30.7 Å². The first kappa shape index (κ1) is 18.4. The van der Waals surface area contributed by atoms with Gasteiger partial charge in [0.1, 0.15) is 0 Å². The number of rotatable bonds is 5. The predicted molar refractivity (Wildman–Crippen MR) is 94.6 cm³/mol. The Balaban J connectivity index is 2.30. The molecule has 0 aromatic heterocycles. The zero-order valence-electron chi connectivity index (χ0n) is 13.7. The van der Waals surface area contributed by atoms with Gasteiger partial charge >= 0.3 is 0 Å². The molecule has 0 unspecified atom stereocenters. The summed E-state index contributed by atoms with van der Waals surface area (Å²) in [5.41, 5.74) is 1.07. The number of amides is 1. The molecule has 0 radical (unpaired) electrons. The standard InChI is InChI=1S/C17H19ClN2O3S/c1-12(13-7-5-4-6-8-13)19-17(21)15-11-14(9-10-16(15)18)24(22,23)20(2)3/h4-12H,1-3H3,(H,19,21)/t12-/m0/s1. The molecular weight excluding hydrogens is 348 g/mol. The molecule has 0 aliphatic heterocycles. The SMILES string of the molecule is C[C@H](NC(=O)c1cc(S(=O)(=O)N(C)C)ccc1Cl)c1ccccc1. The van der Waals surface area contributed by atoms with Crippen LogP contribution in [0.2, 0.25) is 5.02 Å². The van der Waals surface area contributed by atoms with Gasteiger partial charge < -0.3 is 5.32 Å². The zero-order valence-corrected chi connectivity index (χ0v) is 15.2. The van der Waals surface area contributed by atoms with Gasteiger partial charge in [-0.3, -0.25) is 4.79 Å². The minimum absolute atomic E-state index is 0.0226. The molecule has 2 aromatic carbocycles. The van der Waals surface area contributed by atoms with E-state index in [1.807, 2.05) is 37.3 Å². The lowest BCUT2D eigenvalue weighted by Gasteiger charge is -2.16. The highest BCUT2D eigenvalue weighted by molar-refractivity contribution is 7.89. The van der Waals surface area contributed by atoms with Crippen molar-refractivity contribution >= 4 is 27.5 Å². The first-order valence-corrected chi connectivity index (χ1v) is 9.13. The van der Waals surface area contributed by atoms with Crippen molar-refractivity contribution in [3.63, 3.8) is 0 Å². The van der Waals surface area contributed by atoms with Crippen molar-refractivity contribution in [2.24, 2.45) is 0 Å². The number of halogens is 1. The maximum absolute atomic E-state index is 12.5. The van der Waals surface area contributed by atoms with E-state index >= 15 is 0 Å². The van der Waals surface area contributed by atoms with Gasteiger partial charge in [0, 0.05) is 14.1 Å². The maximum Gasteiger partial charge on any atom is 0.253 e. The van der Waals surface area contributed by atoms with Crippen molar-refractivity contribution in [2.45, 2.75) is 17.9 Å². The van der Waals surface area contributed by atoms with Crippen molar-refractivity contribution < 1.29 is 13.2 Å². The average Bonchev–Trinajstić information content (AvgIpc) is 2.55. The third kappa shape index (κ3) is 3.95. The first-order chi connectivity index (χ1) is 11.2. The highest BCUT2D eigenvalue weighted by atomic mass is 35.5. The summed E-state index contributed by atoms with van der Waals surface area (Å²) < 4.78 is 25.5. The van der Waals surface area contributed by atoms with Crippen LogP contribution in [0, 0.1) is 0 Å². The van der Waals surface area contributed by atoms with Gasteiger partial charge in [0.05, 0.1) is 21.5 Å². The Hall–Kier alpha value is -1.89. The van der Waals surface area contributed by atoms with Gasteiger partial charge in [0.25, 0.3) is 5.91 Å². The molecule has 0 aliphatic rings. The number of nitrogens with zero attached hydrogens (tertiary/aromatic N) is 1. The second kappa shape index (κ2) is 7.34. The van der Waals surface area contributed by atoms with E-state index in [1.165, 1.54) is 32.3 Å². The summed E-state index contributed by atoms with van der Waals surface area (Å²) in [6.07, 6.45) is 0. The largest absolute Gasteiger partial charge is 0.345 e. The van der Waals surface area contributed by atoms with E-state index in [4.69, 9.17) is 11.6 Å². The highest BCUT2D eigenvalue weighted by Gasteiger charge is 2.21. The Bertz CT molecular complexity index is 836. The Morgan fingerprint density at radius 2 is 1.75 bits per heavy atom. The quantitative estimate of drug-likeness (QED) is 0.884. The first-order valence-electron chi connectivity index (χ1n) is 7.31. The summed E-state index contributed by atoms with van der Waals surface area (Å²) in [4.78, 5) is 12.5. The lowest BCUT2D eigenvalue weighted by molar-refractivity contribution is 0.0940. The molecule has 0 aliphatic carbocycles. The topological polar surface area (TPSA) is 66.5 Å². The summed E-state index contributed by atoms with van der Waals surface area (Å²) >= 11 is 6.08. The smallest absolute Gasteiger partial charge is 0.253 e. The summed E-state index contributed by atoms with van der Waals surface area (Å²) in [6, 6.07) is 13.3. The summed E-state index contributed by atoms with van der Waals surface area (Å²) in [6.45, 7) is 1.85. The second-order valence-corrected chi connectivity index (χ2v) is 8.09. The molecule has 5 nitrogen and oxygen atoms in total. The molecule has 0 spiro atoms. The molecule has 128 valence electrons. The number of hydrogen-bond acceptors (Lipinski definition) is 3. The Morgan fingerprint density at radius 3 is 2.33 bits per heavy atom. The van der Waals surface area contributed by atoms with Crippen LogP contribution in [0.4, 0.5) is 0 Å². The molecule has 0 saturated carbocycles. The summed E-state index contributed by atoms with van der Waals surface area (Å²) in [7, 11) is -0.772. The Kier molecular flexibility index (Phi) is 5.64. The molecule has 24 heavy (non-hydrogen) atoms. The fourth-order valence-corrected chi connectivity index (χ4v) is 3.28. The third-order valence-corrected chi connectivity index (χ3v) is 5.75. The van der Waals surface area contributed by atoms with Crippen molar-refractivity contribution in [1.29, 1.82) is 0 Å². The molecule has 1 atom stereocenters. The van der Waals surface area contributed by atoms with Crippen LogP contribution in [0.15, 0.2) is 53.4 Å². The van der Waals surface area contributed by atoms with Crippen LogP contribution < -0.4 is 5.32 Å². The zero-order chi connectivity index (χ0) is 17.9. The minimum Gasteiger partial charge on any atom is -0.345 e. The predicted octanol–water partition coefficient (Wildman–Crippen LogP) is 3.08. The number of hydrogen-bond donors (Lipinski definition) is 1. The molecule has 1 amide bonds. The highest BCUT2D eigenvalue weighted by Crippen LogP contribution is 2.23. The van der Waals surface area contributed by atoms with E-state index in [-0.39, 0.29) is 21.5 Å². The second-order valence-electron chi connectivity index (χ2n) is 5.53. The van der Waals surface area contributed by atoms with Gasteiger partial charge in [-0.15, -0.1) is 0 Å². The molecular formula is C17H19ClN2O3S. The Morgan fingerprint density at radius 1 is 1.12 bits per heavy atom. The molecule has 0 bridgehead atoms. The van der Waals surface area contributed by atoms with Gasteiger partial charge in [-0.1, -0.05) is 41.9 Å². The van der Waals surface area contributed by atoms with Gasteiger partial charge in [0.2, 0.25) is 10.0 Å². The monoisotopic (exact) mass is 366 g/mol. The van der Waals surface area contributed by atoms with E-state index in [9.17, 15) is 13.2 Å². The van der Waals surface area contributed by atoms with Crippen molar-refractivity contribution in [3.8, 4) is 0 Å². The Labute approximate surface area is 147 Å². The van der Waals surface area contributed by atoms with Gasteiger partial charge in [-0.25, -0.2) is 12.7 Å². The van der Waals surface area contributed by atoms with E-state index in [0.29, 0.717) is 0 Å². The number of carbonyl (C=O) groups is 1. The van der Waals surface area contributed by atoms with Gasteiger partial charge in [-0.2, -0.15) is 0 Å². The van der Waals surface area contributed by atoms with Crippen molar-refractivity contribution in [3.05, 3.63) is 64.7 Å². The fraction of sp³-hybridized carbons (Fsp3) is 0.235. The molecule has 2 rings (SSSR count). The van der Waals surface area contributed by atoms with Crippen molar-refractivity contribution in [1.82, 2.24) is 9.62 Å².